The van der Waals surface area contributed by atoms with Crippen LogP contribution in [0.2, 0.25) is 0 Å². The predicted octanol–water partition coefficient (Wildman–Crippen LogP) is 1.25. The predicted molar refractivity (Wildman–Crippen MR) is 30.1 cm³/mol. The van der Waals surface area contributed by atoms with Crippen LogP contribution in [-0.4, -0.2) is 0 Å². The summed E-state index contributed by atoms with van der Waals surface area (Å²) in [5.74, 6) is 0. The summed E-state index contributed by atoms with van der Waals surface area (Å²) in [5.41, 5.74) is 1.33. The van der Waals surface area contributed by atoms with Gasteiger partial charge in [-0.2, -0.15) is 0 Å². The molecule has 1 heterocycles. The third-order valence-electron chi connectivity index (χ3n) is 1.22. The number of hydrogen-bond acceptors (Lipinski definition) is 1. The van der Waals surface area contributed by atoms with Crippen molar-refractivity contribution in [1.29, 1.82) is 0 Å². The lowest BCUT2D eigenvalue weighted by atomic mass is 10.2. The fourth-order valence-corrected chi connectivity index (χ4v) is 0.531. The van der Waals surface area contributed by atoms with Gasteiger partial charge in [-0.3, -0.25) is 12.6 Å². The van der Waals surface area contributed by atoms with Gasteiger partial charge < -0.3 is 17.0 Å². The molecule has 40 valence electrons. The van der Waals surface area contributed by atoms with Gasteiger partial charge in [0.1, 0.15) is 0 Å². The summed E-state index contributed by atoms with van der Waals surface area (Å²) < 4.78 is 0. The first-order valence-electron chi connectivity index (χ1n) is 2.41. The minimum Gasteiger partial charge on any atom is -0.460 e. The Morgan fingerprint density at radius 3 is 2.71 bits per heavy atom. The van der Waals surface area contributed by atoms with E-state index in [2.05, 4.69) is 25.2 Å². The minimum atomic E-state index is 1.26. The Bertz CT molecular complexity index is 94.4. The van der Waals surface area contributed by atoms with Crippen LogP contribution in [-0.2, 0) is 0 Å². The molecule has 1 heteroatoms. The normalized spacial score (nSPS) is 19.1. The molecule has 0 aromatic carbocycles. The zero-order valence-electron chi connectivity index (χ0n) is 4.65. The van der Waals surface area contributed by atoms with Crippen molar-refractivity contribution in [1.82, 2.24) is 5.32 Å². The van der Waals surface area contributed by atoms with Gasteiger partial charge >= 0.3 is 0 Å². The number of nitrogens with one attached hydrogen (secondary N) is 1. The molecule has 1 nitrogen and oxygen atoms in total. The first-order valence-corrected chi connectivity index (χ1v) is 2.41. The lowest BCUT2D eigenvalue weighted by Crippen LogP contribution is -2.07. The topological polar surface area (TPSA) is 12.0 Å². The highest BCUT2D eigenvalue weighted by molar-refractivity contribution is 5.28. The first-order chi connectivity index (χ1) is 3.30. The van der Waals surface area contributed by atoms with Gasteiger partial charge in [0.25, 0.3) is 0 Å². The lowest BCUT2D eigenvalue weighted by Gasteiger charge is -2.24. The second-order valence-corrected chi connectivity index (χ2v) is 1.79. The molecule has 0 unspecified atom stereocenters. The second-order valence-electron chi connectivity index (χ2n) is 1.79. The first kappa shape index (κ1) is 4.60. The van der Waals surface area contributed by atoms with Crippen LogP contribution in [0.4, 0.5) is 0 Å². The van der Waals surface area contributed by atoms with Crippen molar-refractivity contribution in [3.63, 3.8) is 0 Å². The van der Waals surface area contributed by atoms with Crippen LogP contribution in [0.5, 0.6) is 0 Å². The van der Waals surface area contributed by atoms with E-state index in [4.69, 9.17) is 0 Å². The van der Waals surface area contributed by atoms with Crippen LogP contribution in [0, 0.1) is 12.6 Å². The third-order valence-corrected chi connectivity index (χ3v) is 1.22. The highest BCUT2D eigenvalue weighted by Gasteiger charge is 1.82. The van der Waals surface area contributed by atoms with Gasteiger partial charge in [0.2, 0.25) is 0 Å². The number of rotatable bonds is 0. The molecule has 1 aliphatic heterocycles. The summed E-state index contributed by atoms with van der Waals surface area (Å²) in [4.78, 5) is 0. The van der Waals surface area contributed by atoms with Crippen molar-refractivity contribution >= 4 is 0 Å². The van der Waals surface area contributed by atoms with E-state index >= 15 is 0 Å². The smallest absolute Gasteiger partial charge is 0.115 e. The number of hydrogen-bond donors (Lipinski definition) is 1. The molecule has 0 fully saturated rings. The second kappa shape index (κ2) is 1.51. The average molecular weight is 95.1 g/mol. The SMILES string of the molecule is CC1=C[CH-]N[C-]1C. The molecule has 0 radical (unpaired) electrons. The van der Waals surface area contributed by atoms with Crippen molar-refractivity contribution in [2.45, 2.75) is 13.8 Å². The van der Waals surface area contributed by atoms with Gasteiger partial charge in [0, 0.05) is 0 Å². The molecular weight excluding hydrogens is 86.1 g/mol. The van der Waals surface area contributed by atoms with E-state index < -0.39 is 0 Å². The molecule has 0 atom stereocenters. The molecule has 0 saturated heterocycles. The van der Waals surface area contributed by atoms with E-state index in [0.29, 0.717) is 0 Å². The van der Waals surface area contributed by atoms with Crippen molar-refractivity contribution in [3.05, 3.63) is 24.2 Å². The summed E-state index contributed by atoms with van der Waals surface area (Å²) in [6.45, 7) is 6.10. The van der Waals surface area contributed by atoms with E-state index in [-0.39, 0.29) is 0 Å². The van der Waals surface area contributed by atoms with Crippen LogP contribution < -0.4 is 5.32 Å². The molecule has 1 N–H and O–H groups in total. The van der Waals surface area contributed by atoms with E-state index in [1.165, 1.54) is 11.6 Å². The molecule has 0 bridgehead atoms. The van der Waals surface area contributed by atoms with Gasteiger partial charge in [0.15, 0.2) is 0 Å². The molecule has 0 aromatic rings. The van der Waals surface area contributed by atoms with Gasteiger partial charge in [-0.05, 0) is 0 Å². The van der Waals surface area contributed by atoms with Gasteiger partial charge in [0.05, 0.1) is 0 Å². The molecule has 1 rings (SSSR count). The van der Waals surface area contributed by atoms with Crippen molar-refractivity contribution in [3.8, 4) is 0 Å². The Kier molecular flexibility index (Phi) is 0.988. The summed E-state index contributed by atoms with van der Waals surface area (Å²) in [6.07, 6.45) is 2.06. The monoisotopic (exact) mass is 95.1 g/mol. The fraction of sp³-hybridized carbons (Fsp3) is 0.333. The Balaban J connectivity index is 2.54. The summed E-state index contributed by atoms with van der Waals surface area (Å²) in [5, 5.41) is 3.07. The molecule has 0 saturated carbocycles. The molecule has 0 spiro atoms. The Labute approximate surface area is 44.4 Å². The Hall–Kier alpha value is -0.560. The molecule has 0 aliphatic carbocycles. The molecule has 0 amide bonds. The molecular formula is C6H9N-2. The van der Waals surface area contributed by atoms with Crippen LogP contribution in [0.25, 0.3) is 0 Å². The summed E-state index contributed by atoms with van der Waals surface area (Å²) in [7, 11) is 0. The quantitative estimate of drug-likeness (QED) is 0.446. The van der Waals surface area contributed by atoms with Crippen molar-refractivity contribution in [2.75, 3.05) is 0 Å². The largest absolute Gasteiger partial charge is 0.460 e. The molecule has 0 aromatic heterocycles. The molecule has 7 heavy (non-hydrogen) atoms. The maximum atomic E-state index is 3.07. The third kappa shape index (κ3) is 0.722. The van der Waals surface area contributed by atoms with Crippen LogP contribution in [0.15, 0.2) is 11.6 Å². The lowest BCUT2D eigenvalue weighted by molar-refractivity contribution is 0.907. The zero-order chi connectivity index (χ0) is 5.28. The maximum Gasteiger partial charge on any atom is -0.115 e. The highest BCUT2D eigenvalue weighted by atomic mass is 14.9. The van der Waals surface area contributed by atoms with Gasteiger partial charge in [-0.25, -0.2) is 0 Å². The van der Waals surface area contributed by atoms with E-state index in [1.54, 1.807) is 0 Å². The highest BCUT2D eigenvalue weighted by Crippen LogP contribution is 2.14. The fourth-order valence-electron chi connectivity index (χ4n) is 0.531. The van der Waals surface area contributed by atoms with Gasteiger partial charge in [-0.15, -0.1) is 13.8 Å². The van der Waals surface area contributed by atoms with Crippen molar-refractivity contribution < 1.29 is 0 Å². The van der Waals surface area contributed by atoms with Gasteiger partial charge in [-0.1, -0.05) is 0 Å². The van der Waals surface area contributed by atoms with Crippen LogP contribution >= 0.6 is 0 Å². The zero-order valence-corrected chi connectivity index (χ0v) is 4.65. The minimum absolute atomic E-state index is 1.26. The van der Waals surface area contributed by atoms with E-state index in [1.807, 2.05) is 6.54 Å². The van der Waals surface area contributed by atoms with Crippen LogP contribution in [0.1, 0.15) is 13.8 Å². The summed E-state index contributed by atoms with van der Waals surface area (Å²) in [6, 6.07) is 1.26. The Morgan fingerprint density at radius 1 is 1.86 bits per heavy atom. The summed E-state index contributed by atoms with van der Waals surface area (Å²) >= 11 is 0. The van der Waals surface area contributed by atoms with Crippen LogP contribution in [0.3, 0.4) is 0 Å². The molecule has 1 aliphatic rings. The van der Waals surface area contributed by atoms with Crippen molar-refractivity contribution in [2.24, 2.45) is 0 Å². The van der Waals surface area contributed by atoms with E-state index in [9.17, 15) is 0 Å². The Morgan fingerprint density at radius 2 is 2.57 bits per heavy atom. The standard InChI is InChI=1S/C6H9N/c1-5-3-4-7-6(5)2/h3-4,7H,1-2H3/q-2. The average Bonchev–Trinajstić information content (AvgIpc) is 1.91. The van der Waals surface area contributed by atoms with E-state index in [0.717, 1.165) is 0 Å². The maximum absolute atomic E-state index is 3.07.